The Balaban J connectivity index is 0.000000125. The molecule has 9 aliphatic rings. The number of rotatable bonds is 4. The SMILES string of the molecule is C=CCN1CC[C@]23c4c5ccc(O)c4O[C@H]2C(=O)CC[C@@]3(O)[C@H]1C5.O=C1CC[C@@]2(O)[C@H]3Cc4ccc(O)c5c4[C@@]2(CCN3CC2CC2)C1O5. The summed E-state index contributed by atoms with van der Waals surface area (Å²) in [5.74, 6) is 1.92. The molecule has 1 unspecified atom stereocenters. The Kier molecular flexibility index (Phi) is 6.12. The van der Waals surface area contributed by atoms with Gasteiger partial charge >= 0.3 is 0 Å². The largest absolute Gasteiger partial charge is 0.504 e. The van der Waals surface area contributed by atoms with Crippen molar-refractivity contribution >= 4 is 11.6 Å². The molecule has 4 bridgehead atoms. The minimum Gasteiger partial charge on any atom is -0.504 e. The molecular formula is C39H44N2O8. The summed E-state index contributed by atoms with van der Waals surface area (Å²) in [5, 5.41) is 44.4. The molecule has 2 spiro atoms. The van der Waals surface area contributed by atoms with Gasteiger partial charge < -0.3 is 29.9 Å². The number of ether oxygens (including phenoxy) is 2. The lowest BCUT2D eigenvalue weighted by atomic mass is 9.49. The number of likely N-dealkylation sites (tertiary alicyclic amines) is 2. The lowest BCUT2D eigenvalue weighted by Crippen LogP contribution is -2.76. The highest BCUT2D eigenvalue weighted by molar-refractivity contribution is 5.91. The zero-order valence-corrected chi connectivity index (χ0v) is 27.7. The number of Topliss-reactive ketones (excluding diaryl/α,β-unsaturated/α-hetero) is 2. The molecule has 5 aliphatic carbocycles. The van der Waals surface area contributed by atoms with Crippen molar-refractivity contribution < 1.29 is 39.5 Å². The maximum Gasteiger partial charge on any atom is 0.174 e. The zero-order chi connectivity index (χ0) is 33.7. The molecule has 4 aliphatic heterocycles. The van der Waals surface area contributed by atoms with Gasteiger partial charge in [0.05, 0.1) is 22.0 Å². The molecule has 10 nitrogen and oxygen atoms in total. The van der Waals surface area contributed by atoms with Crippen LogP contribution in [0, 0.1) is 5.92 Å². The minimum atomic E-state index is -1.00. The first kappa shape index (κ1) is 30.4. The average molecular weight is 669 g/mol. The van der Waals surface area contributed by atoms with E-state index in [4.69, 9.17) is 9.47 Å². The van der Waals surface area contributed by atoms with E-state index in [0.29, 0.717) is 50.0 Å². The Morgan fingerprint density at radius 1 is 0.755 bits per heavy atom. The molecule has 5 fully saturated rings. The van der Waals surface area contributed by atoms with Crippen molar-refractivity contribution in [2.45, 2.75) is 111 Å². The van der Waals surface area contributed by atoms with Gasteiger partial charge in [0.2, 0.25) is 0 Å². The van der Waals surface area contributed by atoms with Crippen LogP contribution < -0.4 is 9.47 Å². The first-order valence-corrected chi connectivity index (χ1v) is 18.2. The molecule has 3 saturated carbocycles. The van der Waals surface area contributed by atoms with E-state index in [9.17, 15) is 30.0 Å². The van der Waals surface area contributed by atoms with Gasteiger partial charge in [-0.05, 0) is 87.1 Å². The highest BCUT2D eigenvalue weighted by atomic mass is 16.5. The molecule has 2 saturated heterocycles. The van der Waals surface area contributed by atoms with Crippen molar-refractivity contribution in [3.05, 3.63) is 59.2 Å². The van der Waals surface area contributed by atoms with E-state index < -0.39 is 34.2 Å². The second-order valence-corrected chi connectivity index (χ2v) is 16.3. The van der Waals surface area contributed by atoms with Crippen molar-refractivity contribution in [1.29, 1.82) is 0 Å². The van der Waals surface area contributed by atoms with Gasteiger partial charge in [-0.3, -0.25) is 19.4 Å². The summed E-state index contributed by atoms with van der Waals surface area (Å²) in [5.41, 5.74) is 0.710. The molecule has 2 aromatic rings. The number of hydrogen-bond donors (Lipinski definition) is 4. The van der Waals surface area contributed by atoms with Gasteiger partial charge in [0.25, 0.3) is 0 Å². The van der Waals surface area contributed by atoms with Crippen molar-refractivity contribution in [1.82, 2.24) is 9.80 Å². The lowest BCUT2D eigenvalue weighted by Gasteiger charge is -2.62. The van der Waals surface area contributed by atoms with E-state index in [1.54, 1.807) is 12.1 Å². The molecule has 4 heterocycles. The van der Waals surface area contributed by atoms with Gasteiger partial charge in [-0.25, -0.2) is 0 Å². The summed E-state index contributed by atoms with van der Waals surface area (Å²) in [7, 11) is 0. The van der Waals surface area contributed by atoms with Gasteiger partial charge in [-0.2, -0.15) is 0 Å². The molecule has 0 aromatic heterocycles. The maximum absolute atomic E-state index is 12.7. The van der Waals surface area contributed by atoms with Crippen LogP contribution in [-0.4, -0.2) is 103 Å². The lowest BCUT2D eigenvalue weighted by molar-refractivity contribution is -0.188. The van der Waals surface area contributed by atoms with E-state index in [-0.39, 0.29) is 35.1 Å². The number of nitrogens with zero attached hydrogens (tertiary/aromatic N) is 2. The average Bonchev–Trinajstić information content (AvgIpc) is 3.71. The van der Waals surface area contributed by atoms with Crippen LogP contribution in [0.25, 0.3) is 0 Å². The van der Waals surface area contributed by atoms with Crippen molar-refractivity contribution in [2.24, 2.45) is 5.92 Å². The van der Waals surface area contributed by atoms with Crippen molar-refractivity contribution in [3.63, 3.8) is 0 Å². The number of aromatic hydroxyl groups is 2. The van der Waals surface area contributed by atoms with Crippen LogP contribution in [0.1, 0.15) is 73.6 Å². The van der Waals surface area contributed by atoms with E-state index >= 15 is 0 Å². The summed E-state index contributed by atoms with van der Waals surface area (Å²) < 4.78 is 12.0. The summed E-state index contributed by atoms with van der Waals surface area (Å²) in [6.45, 7) is 7.31. The number of piperidine rings is 2. The number of carbonyl (C=O) groups is 2. The van der Waals surface area contributed by atoms with Gasteiger partial charge in [-0.15, -0.1) is 6.58 Å². The molecule has 0 radical (unpaired) electrons. The normalized spacial score (nSPS) is 40.4. The second-order valence-electron chi connectivity index (χ2n) is 16.3. The summed E-state index contributed by atoms with van der Waals surface area (Å²) in [4.78, 5) is 30.1. The first-order valence-electron chi connectivity index (χ1n) is 18.2. The molecule has 4 N–H and O–H groups in total. The zero-order valence-electron chi connectivity index (χ0n) is 27.7. The van der Waals surface area contributed by atoms with Gasteiger partial charge in [0.1, 0.15) is 0 Å². The number of phenols is 2. The standard InChI is InChI=1S/C20H23NO4.C19H21NO4/c22-13-4-3-12-9-15-20(24)6-5-14(23)18-19(20,16(12)17(13)25-18)7-8-21(15)10-11-1-2-11;1-2-8-20-9-7-18-15-11-3-4-12(21)16(15)24-17(18)13(22)5-6-19(18,23)14(20)10-11/h3-4,11,15,18,22,24H,1-2,5-10H2;2-4,14,17,21,23H,1,5-10H2/t15-,18?,19+,20-;14-,17+,18+,19-/m11/s1. The van der Waals surface area contributed by atoms with Gasteiger partial charge in [-0.1, -0.05) is 18.2 Å². The summed E-state index contributed by atoms with van der Waals surface area (Å²) in [6, 6.07) is 7.21. The molecule has 2 aromatic carbocycles. The highest BCUT2D eigenvalue weighted by Gasteiger charge is 2.74. The third-order valence-corrected chi connectivity index (χ3v) is 14.3. The number of hydrogen-bond acceptors (Lipinski definition) is 10. The number of benzene rings is 2. The van der Waals surface area contributed by atoms with Crippen LogP contribution in [0.5, 0.6) is 23.0 Å². The monoisotopic (exact) mass is 668 g/mol. The van der Waals surface area contributed by atoms with Crippen LogP contribution in [0.2, 0.25) is 0 Å². The van der Waals surface area contributed by atoms with E-state index in [2.05, 4.69) is 16.4 Å². The minimum absolute atomic E-state index is 0.0408. The Labute approximate surface area is 285 Å². The van der Waals surface area contributed by atoms with Gasteiger partial charge in [0, 0.05) is 55.7 Å². The molecule has 8 atom stereocenters. The fourth-order valence-corrected chi connectivity index (χ4v) is 12.1. The summed E-state index contributed by atoms with van der Waals surface area (Å²) >= 11 is 0. The maximum atomic E-state index is 12.7. The number of phenolic OH excluding ortho intramolecular Hbond substituents is 2. The summed E-state index contributed by atoms with van der Waals surface area (Å²) in [6.07, 6.45) is 7.67. The van der Waals surface area contributed by atoms with E-state index in [1.807, 2.05) is 18.2 Å². The molecule has 49 heavy (non-hydrogen) atoms. The predicted molar refractivity (Wildman–Crippen MR) is 177 cm³/mol. The topological polar surface area (TPSA) is 140 Å². The third kappa shape index (κ3) is 3.56. The third-order valence-electron chi connectivity index (χ3n) is 14.3. The van der Waals surface area contributed by atoms with Crippen LogP contribution in [0.15, 0.2) is 36.9 Å². The quantitative estimate of drug-likeness (QED) is 0.360. The fraction of sp³-hybridized carbons (Fsp3) is 0.590. The fourth-order valence-electron chi connectivity index (χ4n) is 12.1. The predicted octanol–water partition coefficient (Wildman–Crippen LogP) is 2.83. The number of carbonyl (C=O) groups excluding carboxylic acids is 2. The van der Waals surface area contributed by atoms with Crippen molar-refractivity contribution in [3.8, 4) is 23.0 Å². The number of ketones is 2. The van der Waals surface area contributed by atoms with E-state index in [1.165, 1.54) is 12.8 Å². The van der Waals surface area contributed by atoms with Gasteiger partial charge in [0.15, 0.2) is 46.8 Å². The smallest absolute Gasteiger partial charge is 0.174 e. The Morgan fingerprint density at radius 3 is 1.73 bits per heavy atom. The van der Waals surface area contributed by atoms with Crippen molar-refractivity contribution in [2.75, 3.05) is 26.2 Å². The molecule has 10 heteroatoms. The highest BCUT2D eigenvalue weighted by Crippen LogP contribution is 2.66. The van der Waals surface area contributed by atoms with Crippen LogP contribution in [0.4, 0.5) is 0 Å². The molecule has 0 amide bonds. The Bertz CT molecular complexity index is 1840. The van der Waals surface area contributed by atoms with Crippen LogP contribution in [-0.2, 0) is 33.3 Å². The second kappa shape index (κ2) is 9.87. The number of aliphatic hydroxyl groups is 2. The first-order chi connectivity index (χ1) is 23.6. The van der Waals surface area contributed by atoms with Crippen LogP contribution >= 0.6 is 0 Å². The Morgan fingerprint density at radius 2 is 1.24 bits per heavy atom. The Hall–Kier alpha value is -3.44. The molecule has 11 rings (SSSR count). The van der Waals surface area contributed by atoms with E-state index in [0.717, 1.165) is 67.2 Å². The molecular weight excluding hydrogens is 624 g/mol. The molecule has 258 valence electrons. The van der Waals surface area contributed by atoms with Crippen LogP contribution in [0.3, 0.4) is 0 Å².